The topological polar surface area (TPSA) is 42.1 Å². The van der Waals surface area contributed by atoms with Crippen LogP contribution in [0.15, 0.2) is 24.3 Å². The van der Waals surface area contributed by atoms with E-state index in [0.29, 0.717) is 5.92 Å². The number of nitrogens with zero attached hydrogens (tertiary/aromatic N) is 2. The number of anilines is 1. The molecular weight excluding hydrogens is 218 g/mol. The molecule has 1 fully saturated rings. The molecule has 2 aromatic rings. The minimum absolute atomic E-state index is 0.639. The van der Waals surface area contributed by atoms with Crippen molar-refractivity contribution < 1.29 is 0 Å². The van der Waals surface area contributed by atoms with Crippen molar-refractivity contribution in [3.63, 3.8) is 0 Å². The molecule has 0 spiro atoms. The third-order valence-electron chi connectivity index (χ3n) is 3.28. The van der Waals surface area contributed by atoms with Gasteiger partial charge < -0.3 is 10.6 Å². The molecule has 3 nitrogen and oxygen atoms in total. The first-order chi connectivity index (χ1) is 7.88. The Morgan fingerprint density at radius 2 is 2.31 bits per heavy atom. The average Bonchev–Trinajstić information content (AvgIpc) is 2.94. The molecule has 1 aliphatic rings. The van der Waals surface area contributed by atoms with Gasteiger partial charge in [-0.2, -0.15) is 4.37 Å². The van der Waals surface area contributed by atoms with E-state index in [4.69, 9.17) is 5.73 Å². The van der Waals surface area contributed by atoms with Crippen molar-refractivity contribution in [3.05, 3.63) is 24.3 Å². The molecule has 16 heavy (non-hydrogen) atoms. The second kappa shape index (κ2) is 4.03. The number of rotatable bonds is 2. The summed E-state index contributed by atoms with van der Waals surface area (Å²) in [5, 5.41) is 1.28. The van der Waals surface area contributed by atoms with Gasteiger partial charge in [0.15, 0.2) is 0 Å². The third-order valence-corrected chi connectivity index (χ3v) is 4.09. The minimum atomic E-state index is 0.639. The molecule has 0 saturated carbocycles. The Morgan fingerprint density at radius 3 is 3.12 bits per heavy atom. The number of nitrogens with two attached hydrogens (primary N) is 1. The van der Waals surface area contributed by atoms with Gasteiger partial charge in [-0.25, -0.2) is 0 Å². The highest BCUT2D eigenvalue weighted by atomic mass is 32.1. The van der Waals surface area contributed by atoms with Crippen LogP contribution in [0.2, 0.25) is 0 Å². The van der Waals surface area contributed by atoms with Gasteiger partial charge in [0.1, 0.15) is 5.82 Å². The van der Waals surface area contributed by atoms with Gasteiger partial charge in [0.2, 0.25) is 0 Å². The maximum Gasteiger partial charge on any atom is 0.150 e. The summed E-state index contributed by atoms with van der Waals surface area (Å²) in [4.78, 5) is 2.37. The van der Waals surface area contributed by atoms with Crippen LogP contribution in [0.4, 0.5) is 5.82 Å². The van der Waals surface area contributed by atoms with Crippen LogP contribution in [0.5, 0.6) is 0 Å². The van der Waals surface area contributed by atoms with Gasteiger partial charge >= 0.3 is 0 Å². The molecule has 1 aliphatic heterocycles. The maximum atomic E-state index is 5.72. The fourth-order valence-electron chi connectivity index (χ4n) is 2.32. The minimum Gasteiger partial charge on any atom is -0.355 e. The molecule has 2 heterocycles. The predicted molar refractivity (Wildman–Crippen MR) is 69.0 cm³/mol. The molecule has 1 aromatic carbocycles. The lowest BCUT2D eigenvalue weighted by Gasteiger charge is -2.15. The molecule has 84 valence electrons. The van der Waals surface area contributed by atoms with Gasteiger partial charge in [0, 0.05) is 18.5 Å². The van der Waals surface area contributed by atoms with Crippen LogP contribution in [-0.2, 0) is 0 Å². The summed E-state index contributed by atoms with van der Waals surface area (Å²) in [6.07, 6.45) is 1.20. The van der Waals surface area contributed by atoms with E-state index in [-0.39, 0.29) is 0 Å². The van der Waals surface area contributed by atoms with Gasteiger partial charge in [0.05, 0.1) is 4.70 Å². The lowest BCUT2D eigenvalue weighted by atomic mass is 10.1. The van der Waals surface area contributed by atoms with Crippen LogP contribution in [0.3, 0.4) is 0 Å². The molecule has 2 N–H and O–H groups in total. The fraction of sp³-hybridized carbons (Fsp3) is 0.417. The first-order valence-electron chi connectivity index (χ1n) is 5.68. The van der Waals surface area contributed by atoms with E-state index in [1.165, 1.54) is 16.5 Å². The lowest BCUT2D eigenvalue weighted by molar-refractivity contribution is 0.602. The molecule has 0 radical (unpaired) electrons. The van der Waals surface area contributed by atoms with Crippen LogP contribution in [0, 0.1) is 5.92 Å². The molecule has 3 rings (SSSR count). The van der Waals surface area contributed by atoms with E-state index >= 15 is 0 Å². The zero-order chi connectivity index (χ0) is 11.0. The highest BCUT2D eigenvalue weighted by molar-refractivity contribution is 7.13. The predicted octanol–water partition coefficient (Wildman–Crippen LogP) is 2.08. The summed E-state index contributed by atoms with van der Waals surface area (Å²) >= 11 is 1.59. The van der Waals surface area contributed by atoms with E-state index in [0.717, 1.165) is 25.5 Å². The Labute approximate surface area is 99.0 Å². The molecule has 0 bridgehead atoms. The first-order valence-corrected chi connectivity index (χ1v) is 6.45. The molecule has 0 amide bonds. The van der Waals surface area contributed by atoms with E-state index in [2.05, 4.69) is 33.5 Å². The van der Waals surface area contributed by atoms with Gasteiger partial charge in [-0.15, -0.1) is 0 Å². The summed E-state index contributed by atoms with van der Waals surface area (Å²) < 4.78 is 5.84. The second-order valence-corrected chi connectivity index (χ2v) is 5.14. The Hall–Kier alpha value is -1.13. The van der Waals surface area contributed by atoms with Gasteiger partial charge in [-0.3, -0.25) is 0 Å². The smallest absolute Gasteiger partial charge is 0.150 e. The largest absolute Gasteiger partial charge is 0.355 e. The highest BCUT2D eigenvalue weighted by Crippen LogP contribution is 2.32. The molecule has 1 aromatic heterocycles. The number of hydrogen-bond donors (Lipinski definition) is 1. The second-order valence-electron chi connectivity index (χ2n) is 4.34. The zero-order valence-electron chi connectivity index (χ0n) is 9.10. The summed E-state index contributed by atoms with van der Waals surface area (Å²) in [5.74, 6) is 1.79. The zero-order valence-corrected chi connectivity index (χ0v) is 9.91. The Balaban J connectivity index is 1.95. The van der Waals surface area contributed by atoms with Crippen LogP contribution >= 0.6 is 11.5 Å². The van der Waals surface area contributed by atoms with Crippen molar-refractivity contribution in [2.24, 2.45) is 11.7 Å². The van der Waals surface area contributed by atoms with E-state index < -0.39 is 0 Å². The average molecular weight is 233 g/mol. The number of aromatic nitrogens is 1. The van der Waals surface area contributed by atoms with Gasteiger partial charge in [0.25, 0.3) is 0 Å². The molecule has 0 aliphatic carbocycles. The SMILES string of the molecule is NC[C@@H]1CCN(c2nsc3ccccc23)C1. The van der Waals surface area contributed by atoms with Crippen molar-refractivity contribution in [3.8, 4) is 0 Å². The summed E-state index contributed by atoms with van der Waals surface area (Å²) in [6.45, 7) is 2.94. The van der Waals surface area contributed by atoms with Crippen LogP contribution < -0.4 is 10.6 Å². The van der Waals surface area contributed by atoms with Crippen LogP contribution in [0.25, 0.3) is 10.1 Å². The Kier molecular flexibility index (Phi) is 2.53. The standard InChI is InChI=1S/C12H15N3S/c13-7-9-5-6-15(8-9)12-10-3-1-2-4-11(10)16-14-12/h1-4,9H,5-8,13H2/t9-/m0/s1. The lowest BCUT2D eigenvalue weighted by Crippen LogP contribution is -2.22. The molecule has 1 atom stereocenters. The molecule has 0 unspecified atom stereocenters. The van der Waals surface area contributed by atoms with E-state index in [1.54, 1.807) is 11.5 Å². The van der Waals surface area contributed by atoms with Crippen LogP contribution in [0.1, 0.15) is 6.42 Å². The van der Waals surface area contributed by atoms with Gasteiger partial charge in [-0.1, -0.05) is 12.1 Å². The summed E-state index contributed by atoms with van der Waals surface area (Å²) in [6, 6.07) is 8.44. The summed E-state index contributed by atoms with van der Waals surface area (Å²) in [7, 11) is 0. The third kappa shape index (κ3) is 1.58. The number of benzene rings is 1. The van der Waals surface area contributed by atoms with Crippen molar-refractivity contribution in [1.82, 2.24) is 4.37 Å². The normalized spacial score (nSPS) is 20.8. The molecular formula is C12H15N3S. The first kappa shape index (κ1) is 10.1. The van der Waals surface area contributed by atoms with E-state index in [1.807, 2.05) is 0 Å². The number of hydrogen-bond acceptors (Lipinski definition) is 4. The monoisotopic (exact) mass is 233 g/mol. The van der Waals surface area contributed by atoms with Crippen molar-refractivity contribution in [1.29, 1.82) is 0 Å². The number of fused-ring (bicyclic) bond motifs is 1. The van der Waals surface area contributed by atoms with Crippen molar-refractivity contribution in [2.45, 2.75) is 6.42 Å². The van der Waals surface area contributed by atoms with E-state index in [9.17, 15) is 0 Å². The highest BCUT2D eigenvalue weighted by Gasteiger charge is 2.24. The Morgan fingerprint density at radius 1 is 1.44 bits per heavy atom. The Bertz CT molecular complexity index is 494. The quantitative estimate of drug-likeness (QED) is 0.863. The van der Waals surface area contributed by atoms with Crippen molar-refractivity contribution >= 4 is 27.4 Å². The molecule has 1 saturated heterocycles. The molecule has 4 heteroatoms. The fourth-order valence-corrected chi connectivity index (χ4v) is 3.11. The summed E-state index contributed by atoms with van der Waals surface area (Å²) in [5.41, 5.74) is 5.72. The maximum absolute atomic E-state index is 5.72. The van der Waals surface area contributed by atoms with Crippen LogP contribution in [-0.4, -0.2) is 24.0 Å². The van der Waals surface area contributed by atoms with Gasteiger partial charge in [-0.05, 0) is 42.5 Å². The van der Waals surface area contributed by atoms with Crippen molar-refractivity contribution in [2.75, 3.05) is 24.5 Å².